The standard InChI is InChI=1S/C20H19FN4O2S2/c21-14-3-1-13(2-4-14)16(24-5-8-27-9-6-24)12-22-18(26)17-11-15-19(29-17)23-20-25(15)7-10-28-20/h1-4,7,10-11,16H,5-6,8-9,12H2,(H,22,26)/t16-/m0/s1. The van der Waals surface area contributed by atoms with Crippen LogP contribution >= 0.6 is 22.7 Å². The minimum Gasteiger partial charge on any atom is -0.379 e. The van der Waals surface area contributed by atoms with E-state index in [0.717, 1.165) is 34.0 Å². The number of aromatic nitrogens is 2. The van der Waals surface area contributed by atoms with Crippen LogP contribution in [-0.4, -0.2) is 53.0 Å². The first kappa shape index (κ1) is 18.7. The number of nitrogens with zero attached hydrogens (tertiary/aromatic N) is 3. The van der Waals surface area contributed by atoms with E-state index < -0.39 is 0 Å². The molecule has 1 amide bonds. The van der Waals surface area contributed by atoms with Crippen LogP contribution in [0.25, 0.3) is 15.3 Å². The lowest BCUT2D eigenvalue weighted by molar-refractivity contribution is 0.0162. The average Bonchev–Trinajstić information content (AvgIpc) is 3.42. The topological polar surface area (TPSA) is 58.9 Å². The zero-order chi connectivity index (χ0) is 19.8. The zero-order valence-corrected chi connectivity index (χ0v) is 17.1. The molecule has 5 rings (SSSR count). The van der Waals surface area contributed by atoms with Crippen LogP contribution in [0.5, 0.6) is 0 Å². The van der Waals surface area contributed by atoms with Gasteiger partial charge < -0.3 is 10.1 Å². The number of amides is 1. The summed E-state index contributed by atoms with van der Waals surface area (Å²) < 4.78 is 20.8. The van der Waals surface area contributed by atoms with Crippen LogP contribution in [0.2, 0.25) is 0 Å². The monoisotopic (exact) mass is 430 g/mol. The summed E-state index contributed by atoms with van der Waals surface area (Å²) in [4.78, 5) is 22.1. The van der Waals surface area contributed by atoms with Gasteiger partial charge in [-0.05, 0) is 23.8 Å². The highest BCUT2D eigenvalue weighted by Gasteiger charge is 2.24. The Hall–Kier alpha value is -2.33. The fourth-order valence-corrected chi connectivity index (χ4v) is 5.38. The van der Waals surface area contributed by atoms with Crippen LogP contribution in [0.15, 0.2) is 41.9 Å². The number of nitrogens with one attached hydrogen (secondary N) is 1. The number of hydrogen-bond acceptors (Lipinski definition) is 6. The van der Waals surface area contributed by atoms with Gasteiger partial charge in [0.15, 0.2) is 4.96 Å². The fourth-order valence-electron chi connectivity index (χ4n) is 3.67. The molecule has 1 N–H and O–H groups in total. The van der Waals surface area contributed by atoms with Crippen LogP contribution < -0.4 is 5.32 Å². The first-order chi connectivity index (χ1) is 14.2. The molecule has 0 radical (unpaired) electrons. The van der Waals surface area contributed by atoms with Gasteiger partial charge in [0, 0.05) is 31.2 Å². The van der Waals surface area contributed by atoms with Crippen LogP contribution in [0, 0.1) is 5.82 Å². The molecule has 1 saturated heterocycles. The summed E-state index contributed by atoms with van der Waals surface area (Å²) in [5.41, 5.74) is 1.94. The van der Waals surface area contributed by atoms with E-state index in [4.69, 9.17) is 4.74 Å². The Labute approximate surface area is 174 Å². The highest BCUT2D eigenvalue weighted by Crippen LogP contribution is 2.28. The van der Waals surface area contributed by atoms with Crippen molar-refractivity contribution < 1.29 is 13.9 Å². The summed E-state index contributed by atoms with van der Waals surface area (Å²) >= 11 is 2.98. The van der Waals surface area contributed by atoms with E-state index in [2.05, 4.69) is 15.2 Å². The van der Waals surface area contributed by atoms with E-state index in [1.807, 2.05) is 22.0 Å². The molecule has 0 unspecified atom stereocenters. The fraction of sp³-hybridized carbons (Fsp3) is 0.300. The van der Waals surface area contributed by atoms with Crippen molar-refractivity contribution in [2.24, 2.45) is 0 Å². The Kier molecular flexibility index (Phi) is 5.04. The van der Waals surface area contributed by atoms with Gasteiger partial charge in [-0.15, -0.1) is 22.7 Å². The first-order valence-electron chi connectivity index (χ1n) is 9.39. The van der Waals surface area contributed by atoms with Crippen molar-refractivity contribution in [1.82, 2.24) is 19.6 Å². The SMILES string of the molecule is O=C(NC[C@@H](c1ccc(F)cc1)N1CCOCC1)c1cc2c(nc3sccn32)s1. The molecule has 0 bridgehead atoms. The highest BCUT2D eigenvalue weighted by atomic mass is 32.1. The van der Waals surface area contributed by atoms with Crippen molar-refractivity contribution in [1.29, 1.82) is 0 Å². The Morgan fingerprint density at radius 2 is 2.07 bits per heavy atom. The number of morpholine rings is 1. The third-order valence-electron chi connectivity index (χ3n) is 5.16. The Bertz CT molecular complexity index is 1140. The number of ether oxygens (including phenoxy) is 1. The maximum atomic E-state index is 13.4. The van der Waals surface area contributed by atoms with Gasteiger partial charge in [-0.2, -0.15) is 0 Å². The van der Waals surface area contributed by atoms with Crippen molar-refractivity contribution in [3.63, 3.8) is 0 Å². The molecule has 0 saturated carbocycles. The molecule has 150 valence electrons. The molecular formula is C20H19FN4O2S2. The average molecular weight is 431 g/mol. The molecule has 1 atom stereocenters. The number of carbonyl (C=O) groups is 1. The quantitative estimate of drug-likeness (QED) is 0.526. The number of thiazole rings is 1. The molecule has 29 heavy (non-hydrogen) atoms. The number of halogens is 1. The minimum atomic E-state index is -0.263. The maximum Gasteiger partial charge on any atom is 0.261 e. The second-order valence-corrected chi connectivity index (χ2v) is 8.80. The molecular weight excluding hydrogens is 411 g/mol. The molecule has 6 nitrogen and oxygen atoms in total. The normalized spacial score (nSPS) is 16.4. The predicted octanol–water partition coefficient (Wildman–Crippen LogP) is 3.55. The molecule has 9 heteroatoms. The maximum absolute atomic E-state index is 13.4. The number of carbonyl (C=O) groups excluding carboxylic acids is 1. The summed E-state index contributed by atoms with van der Waals surface area (Å²) in [6.07, 6.45) is 1.97. The lowest BCUT2D eigenvalue weighted by atomic mass is 10.0. The van der Waals surface area contributed by atoms with E-state index in [9.17, 15) is 9.18 Å². The van der Waals surface area contributed by atoms with Crippen LogP contribution in [0.3, 0.4) is 0 Å². The van der Waals surface area contributed by atoms with Crippen LogP contribution in [0.4, 0.5) is 4.39 Å². The lowest BCUT2D eigenvalue weighted by Crippen LogP contribution is -2.43. The molecule has 0 spiro atoms. The van der Waals surface area contributed by atoms with Gasteiger partial charge in [-0.1, -0.05) is 12.1 Å². The van der Waals surface area contributed by atoms with Gasteiger partial charge >= 0.3 is 0 Å². The van der Waals surface area contributed by atoms with Gasteiger partial charge in [-0.25, -0.2) is 9.37 Å². The third-order valence-corrected chi connectivity index (χ3v) is 6.93. The van der Waals surface area contributed by atoms with E-state index in [1.54, 1.807) is 23.5 Å². The zero-order valence-electron chi connectivity index (χ0n) is 15.5. The summed E-state index contributed by atoms with van der Waals surface area (Å²) in [6, 6.07) is 8.36. The van der Waals surface area contributed by atoms with Gasteiger partial charge in [0.25, 0.3) is 5.91 Å². The Morgan fingerprint density at radius 3 is 2.86 bits per heavy atom. The molecule has 1 aliphatic rings. The van der Waals surface area contributed by atoms with Crippen molar-refractivity contribution in [2.75, 3.05) is 32.8 Å². The van der Waals surface area contributed by atoms with Crippen molar-refractivity contribution in [2.45, 2.75) is 6.04 Å². The Morgan fingerprint density at radius 1 is 1.28 bits per heavy atom. The molecule has 4 heterocycles. The summed E-state index contributed by atoms with van der Waals surface area (Å²) in [5, 5.41) is 5.04. The van der Waals surface area contributed by atoms with E-state index in [1.165, 1.54) is 23.5 Å². The second kappa shape index (κ2) is 7.83. The highest BCUT2D eigenvalue weighted by molar-refractivity contribution is 7.21. The van der Waals surface area contributed by atoms with Gasteiger partial charge in [0.1, 0.15) is 10.6 Å². The van der Waals surface area contributed by atoms with Gasteiger partial charge in [-0.3, -0.25) is 14.1 Å². The lowest BCUT2D eigenvalue weighted by Gasteiger charge is -2.34. The molecule has 1 aliphatic heterocycles. The van der Waals surface area contributed by atoms with Crippen LogP contribution in [-0.2, 0) is 4.74 Å². The van der Waals surface area contributed by atoms with Crippen molar-refractivity contribution in [3.8, 4) is 0 Å². The van der Waals surface area contributed by atoms with Crippen molar-refractivity contribution >= 4 is 43.9 Å². The Balaban J connectivity index is 1.34. The molecule has 1 fully saturated rings. The summed E-state index contributed by atoms with van der Waals surface area (Å²) in [7, 11) is 0. The molecule has 0 aliphatic carbocycles. The van der Waals surface area contributed by atoms with Gasteiger partial charge in [0.2, 0.25) is 0 Å². The smallest absolute Gasteiger partial charge is 0.261 e. The number of fused-ring (bicyclic) bond motifs is 3. The van der Waals surface area contributed by atoms with E-state index in [0.29, 0.717) is 24.6 Å². The van der Waals surface area contributed by atoms with Gasteiger partial charge in [0.05, 0.1) is 29.6 Å². The molecule has 4 aromatic rings. The number of rotatable bonds is 5. The third kappa shape index (κ3) is 3.66. The minimum absolute atomic E-state index is 0.0298. The van der Waals surface area contributed by atoms with Crippen molar-refractivity contribution in [3.05, 3.63) is 58.2 Å². The van der Waals surface area contributed by atoms with Crippen LogP contribution in [0.1, 0.15) is 21.3 Å². The summed E-state index contributed by atoms with van der Waals surface area (Å²) in [5.74, 6) is -0.377. The first-order valence-corrected chi connectivity index (χ1v) is 11.1. The van der Waals surface area contributed by atoms with E-state index in [-0.39, 0.29) is 17.8 Å². The largest absolute Gasteiger partial charge is 0.379 e. The van der Waals surface area contributed by atoms with E-state index >= 15 is 0 Å². The second-order valence-electron chi connectivity index (χ2n) is 6.89. The predicted molar refractivity (Wildman–Crippen MR) is 112 cm³/mol. The molecule has 3 aromatic heterocycles. The number of thiophene rings is 1. The number of hydrogen-bond donors (Lipinski definition) is 1. The number of benzene rings is 1. The molecule has 1 aromatic carbocycles. The summed E-state index contributed by atoms with van der Waals surface area (Å²) in [6.45, 7) is 3.32. The number of imidazole rings is 1.